The van der Waals surface area contributed by atoms with Crippen LogP contribution in [0.15, 0.2) is 16.8 Å². The van der Waals surface area contributed by atoms with Crippen LogP contribution in [0.25, 0.3) is 0 Å². The van der Waals surface area contributed by atoms with E-state index in [4.69, 9.17) is 0 Å². The van der Waals surface area contributed by atoms with Crippen molar-refractivity contribution in [3.05, 3.63) is 11.8 Å². The van der Waals surface area contributed by atoms with Crippen molar-refractivity contribution in [2.45, 2.75) is 46.5 Å². The number of rotatable bonds is 4. The van der Waals surface area contributed by atoms with Gasteiger partial charge in [0.15, 0.2) is 0 Å². The number of allylic oxidation sites excluding steroid dienone is 2. The van der Waals surface area contributed by atoms with E-state index in [1.54, 1.807) is 0 Å². The predicted octanol–water partition coefficient (Wildman–Crippen LogP) is 3.13. The van der Waals surface area contributed by atoms with E-state index >= 15 is 0 Å². The molecule has 0 saturated heterocycles. The molecule has 14 heavy (non-hydrogen) atoms. The molecule has 1 heterocycles. The van der Waals surface area contributed by atoms with Crippen molar-refractivity contribution in [1.29, 1.82) is 0 Å². The summed E-state index contributed by atoms with van der Waals surface area (Å²) in [5.41, 5.74) is 0.958. The first-order valence-corrected chi connectivity index (χ1v) is 5.25. The highest BCUT2D eigenvalue weighted by molar-refractivity contribution is 5.83. The number of aliphatic imine (C=N–C) groups is 1. The van der Waals surface area contributed by atoms with Crippen LogP contribution >= 0.6 is 0 Å². The van der Waals surface area contributed by atoms with Gasteiger partial charge in [0.1, 0.15) is 5.78 Å². The van der Waals surface area contributed by atoms with E-state index in [-0.39, 0.29) is 5.41 Å². The molecule has 0 aliphatic carbocycles. The van der Waals surface area contributed by atoms with Crippen molar-refractivity contribution in [3.8, 4) is 0 Å². The Bertz CT molecular complexity index is 269. The Kier molecular flexibility index (Phi) is 3.62. The van der Waals surface area contributed by atoms with Gasteiger partial charge in [0, 0.05) is 30.2 Å². The fourth-order valence-electron chi connectivity index (χ4n) is 1.38. The van der Waals surface area contributed by atoms with E-state index in [1.807, 2.05) is 27.0 Å². The van der Waals surface area contributed by atoms with Crippen LogP contribution in [0.3, 0.4) is 0 Å². The van der Waals surface area contributed by atoms with Crippen molar-refractivity contribution in [2.75, 3.05) is 0 Å². The van der Waals surface area contributed by atoms with Crippen LogP contribution in [0, 0.1) is 5.41 Å². The standard InChI is InChI=1S/C12H19NO/c1-12(2,3)11(14)8-4-6-10-7-5-9-13-10/h7,9H,4-6,8H2,1-3H3. The van der Waals surface area contributed by atoms with Crippen molar-refractivity contribution in [1.82, 2.24) is 0 Å². The molecule has 0 N–H and O–H groups in total. The Morgan fingerprint density at radius 1 is 1.50 bits per heavy atom. The summed E-state index contributed by atoms with van der Waals surface area (Å²) in [4.78, 5) is 15.8. The quantitative estimate of drug-likeness (QED) is 0.674. The van der Waals surface area contributed by atoms with Crippen molar-refractivity contribution >= 4 is 12.0 Å². The summed E-state index contributed by atoms with van der Waals surface area (Å²) in [7, 11) is 0. The maximum atomic E-state index is 11.6. The van der Waals surface area contributed by atoms with Crippen LogP contribution in [-0.2, 0) is 4.79 Å². The lowest BCUT2D eigenvalue weighted by molar-refractivity contribution is -0.126. The lowest BCUT2D eigenvalue weighted by Gasteiger charge is -2.15. The van der Waals surface area contributed by atoms with E-state index < -0.39 is 0 Å². The Hall–Kier alpha value is -0.920. The van der Waals surface area contributed by atoms with E-state index in [0.29, 0.717) is 12.2 Å². The zero-order valence-corrected chi connectivity index (χ0v) is 9.34. The first kappa shape index (κ1) is 11.2. The predicted molar refractivity (Wildman–Crippen MR) is 59.5 cm³/mol. The average molecular weight is 193 g/mol. The normalized spacial score (nSPS) is 15.8. The van der Waals surface area contributed by atoms with Crippen LogP contribution < -0.4 is 0 Å². The van der Waals surface area contributed by atoms with E-state index in [0.717, 1.165) is 25.0 Å². The molecule has 2 nitrogen and oxygen atoms in total. The minimum Gasteiger partial charge on any atom is -0.299 e. The highest BCUT2D eigenvalue weighted by Crippen LogP contribution is 2.20. The van der Waals surface area contributed by atoms with Crippen LogP contribution in [-0.4, -0.2) is 12.0 Å². The van der Waals surface area contributed by atoms with Gasteiger partial charge in [0.2, 0.25) is 0 Å². The first-order chi connectivity index (χ1) is 6.50. The maximum absolute atomic E-state index is 11.6. The van der Waals surface area contributed by atoms with E-state index in [1.165, 1.54) is 0 Å². The summed E-state index contributed by atoms with van der Waals surface area (Å²) in [5.74, 6) is 0.347. The average Bonchev–Trinajstić information content (AvgIpc) is 2.55. The zero-order valence-electron chi connectivity index (χ0n) is 9.34. The number of Topliss-reactive ketones (excluding diaryl/α,β-unsaturated/α-hetero) is 1. The first-order valence-electron chi connectivity index (χ1n) is 5.25. The lowest BCUT2D eigenvalue weighted by Crippen LogP contribution is -2.19. The molecule has 0 radical (unpaired) electrons. The van der Waals surface area contributed by atoms with Crippen molar-refractivity contribution in [2.24, 2.45) is 10.4 Å². The van der Waals surface area contributed by atoms with E-state index in [2.05, 4.69) is 11.1 Å². The van der Waals surface area contributed by atoms with Crippen LogP contribution in [0.2, 0.25) is 0 Å². The second-order valence-electron chi connectivity index (χ2n) is 4.77. The molecule has 0 aromatic carbocycles. The Balaban J connectivity index is 2.21. The van der Waals surface area contributed by atoms with Crippen LogP contribution in [0.4, 0.5) is 0 Å². The number of carbonyl (C=O) groups is 1. The Morgan fingerprint density at radius 2 is 2.21 bits per heavy atom. The van der Waals surface area contributed by atoms with Gasteiger partial charge >= 0.3 is 0 Å². The number of hydrogen-bond donors (Lipinski definition) is 0. The highest BCUT2D eigenvalue weighted by Gasteiger charge is 2.20. The summed E-state index contributed by atoms with van der Waals surface area (Å²) in [6.45, 7) is 5.92. The number of nitrogens with zero attached hydrogens (tertiary/aromatic N) is 1. The van der Waals surface area contributed by atoms with Gasteiger partial charge in [-0.15, -0.1) is 0 Å². The molecule has 1 aliphatic heterocycles. The summed E-state index contributed by atoms with van der Waals surface area (Å²) in [6.07, 6.45) is 7.55. The van der Waals surface area contributed by atoms with Crippen LogP contribution in [0.5, 0.6) is 0 Å². The largest absolute Gasteiger partial charge is 0.299 e. The van der Waals surface area contributed by atoms with Gasteiger partial charge < -0.3 is 0 Å². The van der Waals surface area contributed by atoms with Gasteiger partial charge in [-0.2, -0.15) is 0 Å². The van der Waals surface area contributed by atoms with Gasteiger partial charge in [0.25, 0.3) is 0 Å². The Morgan fingerprint density at radius 3 is 2.71 bits per heavy atom. The van der Waals surface area contributed by atoms with Gasteiger partial charge in [-0.25, -0.2) is 0 Å². The third kappa shape index (κ3) is 3.44. The lowest BCUT2D eigenvalue weighted by atomic mass is 9.88. The monoisotopic (exact) mass is 193 g/mol. The second kappa shape index (κ2) is 4.54. The zero-order chi connectivity index (χ0) is 10.6. The second-order valence-corrected chi connectivity index (χ2v) is 4.77. The third-order valence-corrected chi connectivity index (χ3v) is 2.39. The molecule has 0 unspecified atom stereocenters. The molecule has 0 spiro atoms. The Labute approximate surface area is 86.1 Å². The molecule has 2 heteroatoms. The molecule has 0 atom stereocenters. The number of carbonyl (C=O) groups excluding carboxylic acids is 1. The molecule has 0 amide bonds. The SMILES string of the molecule is CC(C)(C)C(=O)CCCC1=CCC=N1. The third-order valence-electron chi connectivity index (χ3n) is 2.39. The minimum absolute atomic E-state index is 0.187. The molecule has 1 rings (SSSR count). The summed E-state index contributed by atoms with van der Waals surface area (Å²) in [5, 5.41) is 0. The highest BCUT2D eigenvalue weighted by atomic mass is 16.1. The topological polar surface area (TPSA) is 29.4 Å². The van der Waals surface area contributed by atoms with E-state index in [9.17, 15) is 4.79 Å². The summed E-state index contributed by atoms with van der Waals surface area (Å²) >= 11 is 0. The number of hydrogen-bond acceptors (Lipinski definition) is 2. The van der Waals surface area contributed by atoms with Gasteiger partial charge in [-0.05, 0) is 12.8 Å². The van der Waals surface area contributed by atoms with Crippen molar-refractivity contribution < 1.29 is 4.79 Å². The molecule has 1 aliphatic rings. The maximum Gasteiger partial charge on any atom is 0.138 e. The summed E-state index contributed by atoms with van der Waals surface area (Å²) in [6, 6.07) is 0. The molecular formula is C12H19NO. The molecule has 0 aromatic heterocycles. The molecule has 0 fully saturated rings. The van der Waals surface area contributed by atoms with Gasteiger partial charge in [-0.1, -0.05) is 26.8 Å². The molecule has 0 aromatic rings. The van der Waals surface area contributed by atoms with Crippen LogP contribution in [0.1, 0.15) is 46.5 Å². The molecule has 78 valence electrons. The van der Waals surface area contributed by atoms with Gasteiger partial charge in [0.05, 0.1) is 0 Å². The number of ketones is 1. The van der Waals surface area contributed by atoms with Gasteiger partial charge in [-0.3, -0.25) is 9.79 Å². The molecule has 0 bridgehead atoms. The summed E-state index contributed by atoms with van der Waals surface area (Å²) < 4.78 is 0. The molecule has 0 saturated carbocycles. The smallest absolute Gasteiger partial charge is 0.138 e. The molecular weight excluding hydrogens is 174 g/mol. The fraction of sp³-hybridized carbons (Fsp3) is 0.667. The fourth-order valence-corrected chi connectivity index (χ4v) is 1.38. The minimum atomic E-state index is -0.187. The van der Waals surface area contributed by atoms with Crippen molar-refractivity contribution in [3.63, 3.8) is 0 Å².